The van der Waals surface area contributed by atoms with E-state index in [1.54, 1.807) is 30.3 Å². The average molecular weight is 323 g/mol. The van der Waals surface area contributed by atoms with Gasteiger partial charge >= 0.3 is 0 Å². The summed E-state index contributed by atoms with van der Waals surface area (Å²) in [6, 6.07) is 8.72. The Morgan fingerprint density at radius 2 is 2.10 bits per heavy atom. The molecule has 1 aromatic heterocycles. The molecule has 1 aromatic carbocycles. The van der Waals surface area contributed by atoms with Gasteiger partial charge < -0.3 is 10.8 Å². The molecule has 2 rings (SSSR count). The van der Waals surface area contributed by atoms with E-state index in [2.05, 4.69) is 11.2 Å². The lowest BCUT2D eigenvalue weighted by molar-refractivity contribution is 0.270. The number of hydrogen-bond donors (Lipinski definition) is 2. The molecule has 0 saturated carbocycles. The van der Waals surface area contributed by atoms with E-state index in [1.165, 1.54) is 4.68 Å². The van der Waals surface area contributed by atoms with Crippen LogP contribution in [0.15, 0.2) is 24.3 Å². The smallest absolute Gasteiger partial charge is 0.122 e. The van der Waals surface area contributed by atoms with Crippen LogP contribution in [0.4, 0.5) is 5.82 Å². The molecule has 1 heterocycles. The van der Waals surface area contributed by atoms with Crippen molar-refractivity contribution >= 4 is 40.7 Å². The molecule has 3 N–H and O–H groups in total. The topological polar surface area (TPSA) is 87.9 Å². The van der Waals surface area contributed by atoms with Gasteiger partial charge in [0.25, 0.3) is 0 Å². The zero-order valence-electron chi connectivity index (χ0n) is 10.9. The van der Waals surface area contributed by atoms with E-state index in [9.17, 15) is 5.26 Å². The van der Waals surface area contributed by atoms with Gasteiger partial charge in [-0.15, -0.1) is 0 Å². The van der Waals surface area contributed by atoms with E-state index in [0.717, 1.165) is 0 Å². The van der Waals surface area contributed by atoms with Crippen molar-refractivity contribution in [2.75, 3.05) is 12.3 Å². The number of aliphatic hydroxyl groups is 1. The summed E-state index contributed by atoms with van der Waals surface area (Å²) in [5.41, 5.74) is 7.01. The van der Waals surface area contributed by atoms with E-state index < -0.39 is 0 Å². The number of nitrogen functional groups attached to an aromatic ring is 1. The molecule has 0 unspecified atom stereocenters. The molecule has 0 fully saturated rings. The fraction of sp³-hybridized carbons (Fsp3) is 0.143. The van der Waals surface area contributed by atoms with Crippen LogP contribution in [0.1, 0.15) is 11.3 Å². The lowest BCUT2D eigenvalue weighted by Crippen LogP contribution is -2.07. The zero-order valence-corrected chi connectivity index (χ0v) is 12.4. The maximum Gasteiger partial charge on any atom is 0.122 e. The van der Waals surface area contributed by atoms with Crippen LogP contribution in [0.2, 0.25) is 10.0 Å². The van der Waals surface area contributed by atoms with E-state index in [4.69, 9.17) is 34.0 Å². The van der Waals surface area contributed by atoms with Crippen LogP contribution in [-0.4, -0.2) is 21.5 Å². The number of anilines is 1. The van der Waals surface area contributed by atoms with E-state index >= 15 is 0 Å². The first-order valence-electron chi connectivity index (χ1n) is 6.07. The highest BCUT2D eigenvalue weighted by Gasteiger charge is 2.11. The Morgan fingerprint density at radius 3 is 2.67 bits per heavy atom. The number of rotatable bonds is 4. The second-order valence-corrected chi connectivity index (χ2v) is 5.02. The quantitative estimate of drug-likeness (QED) is 0.847. The molecule has 5 nitrogen and oxygen atoms in total. The Kier molecular flexibility index (Phi) is 4.86. The first kappa shape index (κ1) is 15.4. The fourth-order valence-electron chi connectivity index (χ4n) is 1.79. The molecule has 0 radical (unpaired) electrons. The highest BCUT2D eigenvalue weighted by molar-refractivity contribution is 6.37. The second kappa shape index (κ2) is 6.64. The number of benzene rings is 1. The van der Waals surface area contributed by atoms with E-state index in [1.807, 2.05) is 0 Å². The summed E-state index contributed by atoms with van der Waals surface area (Å²) in [4.78, 5) is 0. The van der Waals surface area contributed by atoms with Crippen molar-refractivity contribution < 1.29 is 5.11 Å². The summed E-state index contributed by atoms with van der Waals surface area (Å²) in [6.45, 7) is 0.171. The molecule has 0 aliphatic heterocycles. The summed E-state index contributed by atoms with van der Waals surface area (Å²) >= 11 is 12.2. The van der Waals surface area contributed by atoms with Gasteiger partial charge in [0.1, 0.15) is 17.6 Å². The van der Waals surface area contributed by atoms with Gasteiger partial charge in [-0.1, -0.05) is 29.3 Å². The number of allylic oxidation sites excluding steroid dienone is 1. The number of halogens is 2. The molecular formula is C14H12Cl2N4O. The average Bonchev–Trinajstić information content (AvgIpc) is 2.80. The Bertz CT molecular complexity index is 711. The van der Waals surface area contributed by atoms with Crippen molar-refractivity contribution in [3.63, 3.8) is 0 Å². The zero-order chi connectivity index (χ0) is 15.4. The monoisotopic (exact) mass is 322 g/mol. The predicted octanol–water partition coefficient (Wildman–Crippen LogP) is 2.83. The van der Waals surface area contributed by atoms with Crippen LogP contribution in [0.25, 0.3) is 11.6 Å². The summed E-state index contributed by atoms with van der Waals surface area (Å²) in [6.07, 6.45) is 1.57. The molecule has 0 aliphatic rings. The van der Waals surface area contributed by atoms with E-state index in [0.29, 0.717) is 27.1 Å². The van der Waals surface area contributed by atoms with Crippen molar-refractivity contribution in [2.24, 2.45) is 0 Å². The minimum atomic E-state index is -0.0900. The van der Waals surface area contributed by atoms with E-state index in [-0.39, 0.29) is 18.7 Å². The molecule has 0 spiro atoms. The highest BCUT2D eigenvalue weighted by atomic mass is 35.5. The molecule has 0 bridgehead atoms. The van der Waals surface area contributed by atoms with Crippen LogP contribution in [0.3, 0.4) is 0 Å². The van der Waals surface area contributed by atoms with Crippen LogP contribution in [-0.2, 0) is 6.54 Å². The van der Waals surface area contributed by atoms with Crippen LogP contribution < -0.4 is 5.73 Å². The number of nitrogens with two attached hydrogens (primary N) is 1. The standard InChI is InChI=1S/C14H12Cl2N4O/c15-11-2-1-3-12(16)10(11)6-9(8-17)13-7-14(18)20(19-13)4-5-21/h1-3,6-7,21H,4-5,18H2/b9-6+. The minimum absolute atomic E-state index is 0.0900. The van der Waals surface area contributed by atoms with Gasteiger partial charge in [0.2, 0.25) is 0 Å². The normalized spacial score (nSPS) is 11.4. The Hall–Kier alpha value is -2.00. The van der Waals surface area contributed by atoms with Crippen molar-refractivity contribution in [1.29, 1.82) is 5.26 Å². The Morgan fingerprint density at radius 1 is 1.43 bits per heavy atom. The van der Waals surface area contributed by atoms with Gasteiger partial charge in [0.05, 0.1) is 18.7 Å². The molecule has 0 saturated heterocycles. The van der Waals surface area contributed by atoms with Crippen LogP contribution in [0.5, 0.6) is 0 Å². The number of nitrogens with zero attached hydrogens (tertiary/aromatic N) is 3. The van der Waals surface area contributed by atoms with Gasteiger partial charge in [-0.3, -0.25) is 0 Å². The van der Waals surface area contributed by atoms with Crippen LogP contribution in [0, 0.1) is 11.3 Å². The van der Waals surface area contributed by atoms with Crippen molar-refractivity contribution in [2.45, 2.75) is 6.54 Å². The lowest BCUT2D eigenvalue weighted by atomic mass is 10.1. The first-order valence-corrected chi connectivity index (χ1v) is 6.82. The molecule has 108 valence electrons. The van der Waals surface area contributed by atoms with Crippen molar-refractivity contribution in [3.8, 4) is 6.07 Å². The molecule has 0 amide bonds. The van der Waals surface area contributed by atoms with Crippen molar-refractivity contribution in [3.05, 3.63) is 45.6 Å². The largest absolute Gasteiger partial charge is 0.394 e. The predicted molar refractivity (Wildman–Crippen MR) is 83.7 cm³/mol. The third-order valence-corrected chi connectivity index (χ3v) is 3.47. The minimum Gasteiger partial charge on any atom is -0.394 e. The van der Waals surface area contributed by atoms with Gasteiger partial charge in [0.15, 0.2) is 0 Å². The molecular weight excluding hydrogens is 311 g/mol. The van der Waals surface area contributed by atoms with Crippen molar-refractivity contribution in [1.82, 2.24) is 9.78 Å². The third kappa shape index (κ3) is 3.37. The summed E-state index contributed by atoms with van der Waals surface area (Å²) in [5, 5.41) is 23.3. The lowest BCUT2D eigenvalue weighted by Gasteiger charge is -2.02. The highest BCUT2D eigenvalue weighted by Crippen LogP contribution is 2.29. The summed E-state index contributed by atoms with van der Waals surface area (Å²) in [7, 11) is 0. The maximum absolute atomic E-state index is 9.31. The Labute approximate surface area is 131 Å². The second-order valence-electron chi connectivity index (χ2n) is 4.21. The Balaban J connectivity index is 2.47. The molecule has 0 aliphatic carbocycles. The molecule has 7 heteroatoms. The summed E-state index contributed by atoms with van der Waals surface area (Å²) < 4.78 is 1.43. The molecule has 2 aromatic rings. The fourth-order valence-corrected chi connectivity index (χ4v) is 2.30. The SMILES string of the molecule is N#C/C(=C\c1c(Cl)cccc1Cl)c1cc(N)n(CCO)n1. The van der Waals surface area contributed by atoms with Gasteiger partial charge in [0, 0.05) is 21.7 Å². The number of nitriles is 1. The molecule has 21 heavy (non-hydrogen) atoms. The number of aliphatic hydroxyl groups excluding tert-OH is 1. The van der Waals surface area contributed by atoms with Gasteiger partial charge in [-0.2, -0.15) is 10.4 Å². The number of aromatic nitrogens is 2. The molecule has 0 atom stereocenters. The van der Waals surface area contributed by atoms with Gasteiger partial charge in [-0.25, -0.2) is 4.68 Å². The summed E-state index contributed by atoms with van der Waals surface area (Å²) in [5.74, 6) is 0.366. The third-order valence-electron chi connectivity index (χ3n) is 2.81. The first-order chi connectivity index (χ1) is 10.1. The van der Waals surface area contributed by atoms with Crippen LogP contribution >= 0.6 is 23.2 Å². The number of hydrogen-bond acceptors (Lipinski definition) is 4. The van der Waals surface area contributed by atoms with Gasteiger partial charge in [-0.05, 0) is 18.2 Å². The maximum atomic E-state index is 9.31.